The summed E-state index contributed by atoms with van der Waals surface area (Å²) in [6.07, 6.45) is 6.41. The highest BCUT2D eigenvalue weighted by molar-refractivity contribution is 7.90. The molecule has 0 aliphatic carbocycles. The molecule has 0 unspecified atom stereocenters. The number of hydrogen-bond donors (Lipinski definition) is 0. The van der Waals surface area contributed by atoms with Gasteiger partial charge in [-0.15, -0.1) is 6.58 Å². The zero-order chi connectivity index (χ0) is 26.3. The quantitative estimate of drug-likeness (QED) is 0.232. The molecular formula is C28H24ClFN4O2S. The molecule has 0 radical (unpaired) electrons. The normalized spacial score (nSPS) is 12.0. The maximum Gasteiger partial charge on any atom is 0.269 e. The Hall–Kier alpha value is -3.59. The molecule has 0 saturated carbocycles. The summed E-state index contributed by atoms with van der Waals surface area (Å²) < 4.78 is 43.6. The van der Waals surface area contributed by atoms with Crippen molar-refractivity contribution in [1.29, 1.82) is 0 Å². The lowest BCUT2D eigenvalue weighted by molar-refractivity contribution is 0.363. The number of rotatable bonds is 7. The average Bonchev–Trinajstić information content (AvgIpc) is 3.25. The second kappa shape index (κ2) is 9.70. The van der Waals surface area contributed by atoms with Gasteiger partial charge in [0.2, 0.25) is 0 Å². The number of fused-ring (bicyclic) bond motifs is 2. The molecule has 0 fully saturated rings. The van der Waals surface area contributed by atoms with E-state index in [2.05, 4.69) is 21.4 Å². The van der Waals surface area contributed by atoms with Gasteiger partial charge >= 0.3 is 0 Å². The van der Waals surface area contributed by atoms with E-state index in [1.165, 1.54) is 18.5 Å². The Labute approximate surface area is 219 Å². The predicted molar refractivity (Wildman–Crippen MR) is 146 cm³/mol. The lowest BCUT2D eigenvalue weighted by Crippen LogP contribution is -2.17. The topological polar surface area (TPSA) is 68.1 Å². The number of halogens is 2. The number of pyridine rings is 2. The van der Waals surface area contributed by atoms with E-state index in [0.29, 0.717) is 40.0 Å². The average molecular weight is 535 g/mol. The molecule has 0 atom stereocenters. The molecule has 6 nitrogen and oxygen atoms in total. The summed E-state index contributed by atoms with van der Waals surface area (Å²) in [5.41, 5.74) is 3.22. The highest BCUT2D eigenvalue weighted by Gasteiger charge is 2.24. The van der Waals surface area contributed by atoms with E-state index >= 15 is 4.39 Å². The van der Waals surface area contributed by atoms with Crippen LogP contribution in [0.25, 0.3) is 33.1 Å². The summed E-state index contributed by atoms with van der Waals surface area (Å²) in [5.74, 6) is -0.549. The molecule has 0 bridgehead atoms. The molecule has 5 aromatic rings. The molecule has 5 rings (SSSR count). The van der Waals surface area contributed by atoms with E-state index in [1.54, 1.807) is 48.7 Å². The van der Waals surface area contributed by atoms with Gasteiger partial charge in [0.15, 0.2) is 5.65 Å². The van der Waals surface area contributed by atoms with Crippen molar-refractivity contribution in [2.45, 2.75) is 18.4 Å². The van der Waals surface area contributed by atoms with Gasteiger partial charge < -0.3 is 0 Å². The molecule has 0 aliphatic rings. The van der Waals surface area contributed by atoms with Crippen LogP contribution in [0.5, 0.6) is 0 Å². The van der Waals surface area contributed by atoms with Crippen LogP contribution in [0.4, 0.5) is 4.39 Å². The van der Waals surface area contributed by atoms with Crippen LogP contribution < -0.4 is 0 Å². The zero-order valence-corrected chi connectivity index (χ0v) is 21.9. The molecule has 0 saturated heterocycles. The first-order valence-corrected chi connectivity index (χ1v) is 13.4. The molecule has 9 heteroatoms. The molecule has 0 aliphatic heterocycles. The van der Waals surface area contributed by atoms with Crippen molar-refractivity contribution in [3.8, 4) is 11.1 Å². The fraction of sp³-hybridized carbons (Fsp3) is 0.143. The monoisotopic (exact) mass is 534 g/mol. The number of aromatic nitrogens is 3. The second-order valence-corrected chi connectivity index (χ2v) is 11.2. The number of likely N-dealkylation sites (N-methyl/N-ethyl adjacent to an activating group) is 1. The summed E-state index contributed by atoms with van der Waals surface area (Å²) in [6.45, 7) is 6.91. The van der Waals surface area contributed by atoms with Gasteiger partial charge in [-0.3, -0.25) is 9.88 Å². The van der Waals surface area contributed by atoms with Gasteiger partial charge in [-0.1, -0.05) is 35.4 Å². The molecule has 37 heavy (non-hydrogen) atoms. The third kappa shape index (κ3) is 4.64. The molecule has 2 aromatic carbocycles. The van der Waals surface area contributed by atoms with E-state index in [1.807, 2.05) is 20.0 Å². The fourth-order valence-corrected chi connectivity index (χ4v) is 5.90. The van der Waals surface area contributed by atoms with Crippen molar-refractivity contribution >= 4 is 43.6 Å². The first kappa shape index (κ1) is 25.1. The molecule has 3 heterocycles. The van der Waals surface area contributed by atoms with E-state index < -0.39 is 15.8 Å². The molecular weight excluding hydrogens is 511 g/mol. The first-order valence-electron chi connectivity index (χ1n) is 11.5. The Kier molecular flexibility index (Phi) is 6.58. The van der Waals surface area contributed by atoms with Gasteiger partial charge in [-0.2, -0.15) is 0 Å². The Morgan fingerprint density at radius 1 is 1.11 bits per heavy atom. The lowest BCUT2D eigenvalue weighted by atomic mass is 10.0. The highest BCUT2D eigenvalue weighted by atomic mass is 35.5. The Balaban J connectivity index is 1.76. The van der Waals surface area contributed by atoms with Gasteiger partial charge in [-0.25, -0.2) is 21.8 Å². The van der Waals surface area contributed by atoms with E-state index in [4.69, 9.17) is 11.6 Å². The molecule has 0 amide bonds. The Bertz CT molecular complexity index is 1770. The third-order valence-electron chi connectivity index (χ3n) is 6.20. The van der Waals surface area contributed by atoms with Gasteiger partial charge in [0.05, 0.1) is 9.92 Å². The number of benzene rings is 2. The maximum atomic E-state index is 15.1. The summed E-state index contributed by atoms with van der Waals surface area (Å²) in [6, 6.07) is 13.2. The van der Waals surface area contributed by atoms with Crippen LogP contribution in [-0.4, -0.2) is 40.9 Å². The molecule has 0 N–H and O–H groups in total. The Morgan fingerprint density at radius 3 is 2.59 bits per heavy atom. The maximum absolute atomic E-state index is 15.1. The van der Waals surface area contributed by atoms with Crippen LogP contribution in [-0.2, 0) is 16.6 Å². The fourth-order valence-electron chi connectivity index (χ4n) is 4.38. The van der Waals surface area contributed by atoms with E-state index in [9.17, 15) is 8.42 Å². The SMILES string of the molecule is C=CCN(C)Cc1cnc2c(c1)c(-c1cc(F)c3nccc(Cl)c3c1)cn2S(=O)(=O)c1ccc(C)cc1. The van der Waals surface area contributed by atoms with Crippen LogP contribution in [0, 0.1) is 12.7 Å². The van der Waals surface area contributed by atoms with E-state index in [0.717, 1.165) is 15.1 Å². The highest BCUT2D eigenvalue weighted by Crippen LogP contribution is 2.36. The van der Waals surface area contributed by atoms with Crippen LogP contribution in [0.1, 0.15) is 11.1 Å². The minimum Gasteiger partial charge on any atom is -0.298 e. The number of nitrogens with zero attached hydrogens (tertiary/aromatic N) is 4. The van der Waals surface area contributed by atoms with Crippen molar-refractivity contribution in [3.05, 3.63) is 102 Å². The zero-order valence-electron chi connectivity index (χ0n) is 20.3. The lowest BCUT2D eigenvalue weighted by Gasteiger charge is -2.14. The second-order valence-electron chi connectivity index (χ2n) is 9.00. The minimum atomic E-state index is -3.98. The molecule has 0 spiro atoms. The van der Waals surface area contributed by atoms with E-state index in [-0.39, 0.29) is 16.1 Å². The summed E-state index contributed by atoms with van der Waals surface area (Å²) in [5, 5.41) is 1.38. The van der Waals surface area contributed by atoms with Gasteiger partial charge in [-0.05, 0) is 61.5 Å². The number of hydrogen-bond acceptors (Lipinski definition) is 5. The standard InChI is InChI=1S/C28H24ClFN4O2S/c1-4-11-33(3)16-19-12-22-24(20-13-23-25(29)9-10-31-27(23)26(30)14-20)17-34(28(22)32-15-19)37(35,36)21-7-5-18(2)6-8-21/h4-10,12-15,17H,1,11,16H2,2-3H3. The summed E-state index contributed by atoms with van der Waals surface area (Å²) >= 11 is 6.36. The first-order chi connectivity index (χ1) is 17.7. The van der Waals surface area contributed by atoms with Gasteiger partial charge in [0, 0.05) is 48.0 Å². The smallest absolute Gasteiger partial charge is 0.269 e. The molecule has 3 aromatic heterocycles. The van der Waals surface area contributed by atoms with Crippen LogP contribution in [0.3, 0.4) is 0 Å². The summed E-state index contributed by atoms with van der Waals surface area (Å²) in [4.78, 5) is 10.8. The summed E-state index contributed by atoms with van der Waals surface area (Å²) in [7, 11) is -2.02. The van der Waals surface area contributed by atoms with Crippen molar-refractivity contribution in [2.24, 2.45) is 0 Å². The molecule has 188 valence electrons. The largest absolute Gasteiger partial charge is 0.298 e. The van der Waals surface area contributed by atoms with Crippen molar-refractivity contribution in [1.82, 2.24) is 18.8 Å². The number of aryl methyl sites for hydroxylation is 1. The van der Waals surface area contributed by atoms with Crippen molar-refractivity contribution < 1.29 is 12.8 Å². The van der Waals surface area contributed by atoms with Gasteiger partial charge in [0.25, 0.3) is 10.0 Å². The van der Waals surface area contributed by atoms with Gasteiger partial charge in [0.1, 0.15) is 11.3 Å². The van der Waals surface area contributed by atoms with Crippen LogP contribution in [0.15, 0.2) is 84.7 Å². The van der Waals surface area contributed by atoms with Crippen molar-refractivity contribution in [2.75, 3.05) is 13.6 Å². The van der Waals surface area contributed by atoms with Crippen LogP contribution >= 0.6 is 11.6 Å². The van der Waals surface area contributed by atoms with Crippen LogP contribution in [0.2, 0.25) is 5.02 Å². The van der Waals surface area contributed by atoms with Crippen molar-refractivity contribution in [3.63, 3.8) is 0 Å². The predicted octanol–water partition coefficient (Wildman–Crippen LogP) is 6.21. The minimum absolute atomic E-state index is 0.134. The Morgan fingerprint density at radius 2 is 1.86 bits per heavy atom. The third-order valence-corrected chi connectivity index (χ3v) is 8.19.